The first-order chi connectivity index (χ1) is 11.5. The molecule has 128 valence electrons. The molecule has 1 heterocycles. The van der Waals surface area contributed by atoms with E-state index in [-0.39, 0.29) is 11.9 Å². The molecule has 0 radical (unpaired) electrons. The van der Waals surface area contributed by atoms with Gasteiger partial charge in [-0.15, -0.1) is 11.3 Å². The second-order valence-electron chi connectivity index (χ2n) is 6.43. The number of benzene rings is 1. The van der Waals surface area contributed by atoms with Crippen LogP contribution in [0.25, 0.3) is 11.1 Å². The van der Waals surface area contributed by atoms with Gasteiger partial charge in [-0.2, -0.15) is 0 Å². The normalized spacial score (nSPS) is 14.8. The highest BCUT2D eigenvalue weighted by Crippen LogP contribution is 2.42. The number of thiophene rings is 1. The SMILES string of the molecule is COc1ccc(C)cc1-c1c(C)sc(N)c1C(=O)NC1CCCC1. The molecule has 0 unspecified atom stereocenters. The van der Waals surface area contributed by atoms with Gasteiger partial charge < -0.3 is 15.8 Å². The zero-order valence-electron chi connectivity index (χ0n) is 14.4. The summed E-state index contributed by atoms with van der Waals surface area (Å²) in [5, 5.41) is 3.73. The Morgan fingerprint density at radius 1 is 1.29 bits per heavy atom. The first-order valence-corrected chi connectivity index (χ1v) is 9.17. The molecule has 0 atom stereocenters. The first-order valence-electron chi connectivity index (χ1n) is 8.36. The Kier molecular flexibility index (Phi) is 4.81. The minimum absolute atomic E-state index is 0.0673. The molecule has 3 rings (SSSR count). The van der Waals surface area contributed by atoms with E-state index in [0.29, 0.717) is 10.6 Å². The van der Waals surface area contributed by atoms with E-state index < -0.39 is 0 Å². The fourth-order valence-corrected chi connectivity index (χ4v) is 4.40. The number of carbonyl (C=O) groups is 1. The highest BCUT2D eigenvalue weighted by atomic mass is 32.1. The molecule has 1 fully saturated rings. The van der Waals surface area contributed by atoms with Gasteiger partial charge in [-0.25, -0.2) is 0 Å². The van der Waals surface area contributed by atoms with Crippen LogP contribution in [0.15, 0.2) is 18.2 Å². The fraction of sp³-hybridized carbons (Fsp3) is 0.421. The van der Waals surface area contributed by atoms with E-state index in [4.69, 9.17) is 10.5 Å². The summed E-state index contributed by atoms with van der Waals surface area (Å²) in [5.74, 6) is 0.693. The molecule has 24 heavy (non-hydrogen) atoms. The topological polar surface area (TPSA) is 64.3 Å². The third-order valence-corrected chi connectivity index (χ3v) is 5.59. The van der Waals surface area contributed by atoms with E-state index in [9.17, 15) is 4.79 Å². The number of anilines is 1. The first kappa shape index (κ1) is 16.8. The molecule has 3 N–H and O–H groups in total. The second kappa shape index (κ2) is 6.85. The number of methoxy groups -OCH3 is 1. The lowest BCUT2D eigenvalue weighted by Crippen LogP contribution is -2.33. The molecule has 0 spiro atoms. The minimum Gasteiger partial charge on any atom is -0.496 e. The Morgan fingerprint density at radius 2 is 2.00 bits per heavy atom. The van der Waals surface area contributed by atoms with Crippen LogP contribution in [0, 0.1) is 13.8 Å². The van der Waals surface area contributed by atoms with Crippen molar-refractivity contribution in [1.29, 1.82) is 0 Å². The highest BCUT2D eigenvalue weighted by Gasteiger charge is 2.26. The van der Waals surface area contributed by atoms with Crippen LogP contribution in [-0.2, 0) is 0 Å². The third kappa shape index (κ3) is 3.13. The van der Waals surface area contributed by atoms with Crippen LogP contribution < -0.4 is 15.8 Å². The van der Waals surface area contributed by atoms with Crippen LogP contribution in [0.5, 0.6) is 5.75 Å². The number of ether oxygens (including phenoxy) is 1. The standard InChI is InChI=1S/C19H24N2O2S/c1-11-8-9-15(23-3)14(10-11)16-12(2)24-18(20)17(16)19(22)21-13-6-4-5-7-13/h8-10,13H,4-7,20H2,1-3H3,(H,21,22). The van der Waals surface area contributed by atoms with Crippen molar-refractivity contribution in [2.75, 3.05) is 12.8 Å². The average Bonchev–Trinajstić information content (AvgIpc) is 3.14. The van der Waals surface area contributed by atoms with Crippen molar-refractivity contribution in [2.24, 2.45) is 0 Å². The van der Waals surface area contributed by atoms with Gasteiger partial charge in [0.15, 0.2) is 0 Å². The number of rotatable bonds is 4. The summed E-state index contributed by atoms with van der Waals surface area (Å²) >= 11 is 1.46. The average molecular weight is 344 g/mol. The predicted octanol–water partition coefficient (Wildman–Crippen LogP) is 4.30. The lowest BCUT2D eigenvalue weighted by Gasteiger charge is -2.15. The number of hydrogen-bond donors (Lipinski definition) is 2. The molecule has 0 aliphatic heterocycles. The molecule has 1 saturated carbocycles. The molecule has 4 nitrogen and oxygen atoms in total. The fourth-order valence-electron chi connectivity index (χ4n) is 3.46. The smallest absolute Gasteiger partial charge is 0.255 e. The van der Waals surface area contributed by atoms with Crippen LogP contribution in [0.2, 0.25) is 0 Å². The molecule has 1 aliphatic rings. The molecule has 1 aromatic carbocycles. The van der Waals surface area contributed by atoms with Gasteiger partial charge >= 0.3 is 0 Å². The summed E-state index contributed by atoms with van der Waals surface area (Å²) < 4.78 is 5.52. The van der Waals surface area contributed by atoms with Gasteiger partial charge in [0.1, 0.15) is 5.75 Å². The zero-order chi connectivity index (χ0) is 17.3. The van der Waals surface area contributed by atoms with Gasteiger partial charge in [-0.1, -0.05) is 24.5 Å². The Bertz CT molecular complexity index is 761. The number of nitrogen functional groups attached to an aromatic ring is 1. The Labute approximate surface area is 147 Å². The van der Waals surface area contributed by atoms with Crippen LogP contribution in [0.4, 0.5) is 5.00 Å². The van der Waals surface area contributed by atoms with E-state index in [1.807, 2.05) is 26.0 Å². The number of carbonyl (C=O) groups excluding carboxylic acids is 1. The van der Waals surface area contributed by atoms with Crippen molar-refractivity contribution >= 4 is 22.2 Å². The van der Waals surface area contributed by atoms with Gasteiger partial charge in [-0.05, 0) is 38.8 Å². The second-order valence-corrected chi connectivity index (χ2v) is 7.69. The van der Waals surface area contributed by atoms with Crippen molar-refractivity contribution < 1.29 is 9.53 Å². The third-order valence-electron chi connectivity index (χ3n) is 4.65. The largest absolute Gasteiger partial charge is 0.496 e. The molecular formula is C19H24N2O2S. The van der Waals surface area contributed by atoms with Gasteiger partial charge in [0.2, 0.25) is 0 Å². The van der Waals surface area contributed by atoms with Crippen molar-refractivity contribution in [1.82, 2.24) is 5.32 Å². The van der Waals surface area contributed by atoms with Crippen molar-refractivity contribution in [3.63, 3.8) is 0 Å². The van der Waals surface area contributed by atoms with E-state index in [2.05, 4.69) is 11.4 Å². The highest BCUT2D eigenvalue weighted by molar-refractivity contribution is 7.16. The summed E-state index contributed by atoms with van der Waals surface area (Å²) in [6.45, 7) is 4.04. The number of nitrogens with two attached hydrogens (primary N) is 1. The summed E-state index contributed by atoms with van der Waals surface area (Å²) in [5.41, 5.74) is 9.74. The van der Waals surface area contributed by atoms with Crippen LogP contribution in [-0.4, -0.2) is 19.1 Å². The minimum atomic E-state index is -0.0673. The Hall–Kier alpha value is -2.01. The molecule has 2 aromatic rings. The summed E-state index contributed by atoms with van der Waals surface area (Å²) in [6, 6.07) is 6.27. The number of amides is 1. The van der Waals surface area contributed by atoms with E-state index in [1.54, 1.807) is 7.11 Å². The lowest BCUT2D eigenvalue weighted by atomic mass is 9.98. The van der Waals surface area contributed by atoms with Gasteiger partial charge in [0, 0.05) is 22.0 Å². The van der Waals surface area contributed by atoms with Crippen LogP contribution >= 0.6 is 11.3 Å². The summed E-state index contributed by atoms with van der Waals surface area (Å²) in [4.78, 5) is 13.9. The quantitative estimate of drug-likeness (QED) is 0.869. The maximum atomic E-state index is 12.9. The van der Waals surface area contributed by atoms with Crippen molar-refractivity contribution in [2.45, 2.75) is 45.6 Å². The Balaban J connectivity index is 2.05. The van der Waals surface area contributed by atoms with Gasteiger partial charge in [0.05, 0.1) is 17.7 Å². The molecule has 1 amide bonds. The maximum absolute atomic E-state index is 12.9. The lowest BCUT2D eigenvalue weighted by molar-refractivity contribution is 0.0940. The number of hydrogen-bond acceptors (Lipinski definition) is 4. The molecule has 1 aliphatic carbocycles. The zero-order valence-corrected chi connectivity index (χ0v) is 15.3. The van der Waals surface area contributed by atoms with Gasteiger partial charge in [0.25, 0.3) is 5.91 Å². The number of aryl methyl sites for hydroxylation is 2. The molecule has 0 saturated heterocycles. The van der Waals surface area contributed by atoms with E-state index in [0.717, 1.165) is 40.2 Å². The van der Waals surface area contributed by atoms with E-state index >= 15 is 0 Å². The monoisotopic (exact) mass is 344 g/mol. The maximum Gasteiger partial charge on any atom is 0.255 e. The van der Waals surface area contributed by atoms with Crippen molar-refractivity contribution in [3.05, 3.63) is 34.2 Å². The van der Waals surface area contributed by atoms with Crippen molar-refractivity contribution in [3.8, 4) is 16.9 Å². The summed E-state index contributed by atoms with van der Waals surface area (Å²) in [7, 11) is 1.65. The summed E-state index contributed by atoms with van der Waals surface area (Å²) in [6.07, 6.45) is 4.47. The molecule has 0 bridgehead atoms. The Morgan fingerprint density at radius 3 is 2.67 bits per heavy atom. The predicted molar refractivity (Wildman–Crippen MR) is 99.9 cm³/mol. The molecular weight excluding hydrogens is 320 g/mol. The van der Waals surface area contributed by atoms with E-state index in [1.165, 1.54) is 24.2 Å². The molecule has 1 aromatic heterocycles. The van der Waals surface area contributed by atoms with Crippen LogP contribution in [0.3, 0.4) is 0 Å². The number of nitrogens with one attached hydrogen (secondary N) is 1. The van der Waals surface area contributed by atoms with Gasteiger partial charge in [-0.3, -0.25) is 4.79 Å². The van der Waals surface area contributed by atoms with Crippen LogP contribution in [0.1, 0.15) is 46.5 Å². The molecule has 5 heteroatoms.